The van der Waals surface area contributed by atoms with Crippen LogP contribution in [-0.2, 0) is 26.2 Å². The molecule has 0 heterocycles. The summed E-state index contributed by atoms with van der Waals surface area (Å²) < 4.78 is 0. The summed E-state index contributed by atoms with van der Waals surface area (Å²) in [7, 11) is 0. The Morgan fingerprint density at radius 1 is 0.375 bits per heavy atom. The Labute approximate surface area is 191 Å². The zero-order chi connectivity index (χ0) is 21.8. The van der Waals surface area contributed by atoms with Gasteiger partial charge in [0.15, 0.2) is 0 Å². The average molecular weight is 421 g/mol. The zero-order valence-corrected chi connectivity index (χ0v) is 18.5. The predicted molar refractivity (Wildman–Crippen MR) is 133 cm³/mol. The van der Waals surface area contributed by atoms with Crippen molar-refractivity contribution in [2.24, 2.45) is 0 Å². The molecule has 0 aliphatic heterocycles. The Kier molecular flexibility index (Phi) is 8.03. The maximum atomic E-state index is 2.35. The molecule has 0 fully saturated rings. The van der Waals surface area contributed by atoms with Gasteiger partial charge >= 0.3 is 0 Å². The third-order valence-corrected chi connectivity index (χ3v) is 5.63. The second-order valence-corrected chi connectivity index (χ2v) is 8.18. The molecule has 0 saturated heterocycles. The largest absolute Gasteiger partial charge is 0.339 e. The van der Waals surface area contributed by atoms with E-state index in [1.54, 1.807) is 0 Å². The van der Waals surface area contributed by atoms with Crippen molar-refractivity contribution in [1.82, 2.24) is 0 Å². The van der Waals surface area contributed by atoms with Crippen molar-refractivity contribution in [2.45, 2.75) is 26.2 Å². The van der Waals surface area contributed by atoms with Gasteiger partial charge in [0.05, 0.1) is 0 Å². The van der Waals surface area contributed by atoms with E-state index in [0.29, 0.717) is 0 Å². The van der Waals surface area contributed by atoms with Gasteiger partial charge in [-0.2, -0.15) is 0 Å². The summed E-state index contributed by atoms with van der Waals surface area (Å²) in [5.74, 6) is 0. The van der Waals surface area contributed by atoms with Gasteiger partial charge in [-0.15, -0.1) is 0 Å². The Bertz CT molecular complexity index is 992. The van der Waals surface area contributed by atoms with Gasteiger partial charge < -0.3 is 10.6 Å². The van der Waals surface area contributed by atoms with Crippen LogP contribution >= 0.6 is 0 Å². The second kappa shape index (κ2) is 11.8. The van der Waals surface area contributed by atoms with Gasteiger partial charge in [0.1, 0.15) is 26.2 Å². The van der Waals surface area contributed by atoms with E-state index in [-0.39, 0.29) is 0 Å². The van der Waals surface area contributed by atoms with Crippen LogP contribution in [0.15, 0.2) is 109 Å². The molecule has 0 bridgehead atoms. The lowest BCUT2D eigenvalue weighted by atomic mass is 10.1. The molecule has 4 aromatic rings. The number of rotatable bonds is 10. The molecule has 0 aliphatic carbocycles. The molecule has 0 radical (unpaired) electrons. The maximum absolute atomic E-state index is 2.35. The van der Waals surface area contributed by atoms with Gasteiger partial charge in [0, 0.05) is 22.3 Å². The molecule has 4 rings (SSSR count). The predicted octanol–water partition coefficient (Wildman–Crippen LogP) is 4.38. The molecule has 2 heteroatoms. The molecule has 32 heavy (non-hydrogen) atoms. The standard InChI is InChI=1S/C30H30N2/c1-3-7-27(8-4-1)21-31-23-29-17-13-25(14-18-29)11-12-26-15-19-30(20-16-26)24-32-22-28-9-5-2-6-10-28/h1-20,31-32H,21-24H2/p+2/b12-11+. The van der Waals surface area contributed by atoms with Crippen molar-refractivity contribution >= 4 is 12.2 Å². The van der Waals surface area contributed by atoms with Crippen LogP contribution < -0.4 is 10.6 Å². The first-order valence-corrected chi connectivity index (χ1v) is 11.4. The Morgan fingerprint density at radius 2 is 0.688 bits per heavy atom. The number of hydrogen-bond donors (Lipinski definition) is 2. The van der Waals surface area contributed by atoms with Crippen molar-refractivity contribution in [3.8, 4) is 0 Å². The van der Waals surface area contributed by atoms with Crippen LogP contribution in [0.3, 0.4) is 0 Å². The minimum atomic E-state index is 1.00. The van der Waals surface area contributed by atoms with Crippen molar-refractivity contribution in [2.75, 3.05) is 0 Å². The molecule has 0 saturated carbocycles. The van der Waals surface area contributed by atoms with Crippen LogP contribution in [0.1, 0.15) is 33.4 Å². The van der Waals surface area contributed by atoms with E-state index in [0.717, 1.165) is 26.2 Å². The molecule has 0 atom stereocenters. The van der Waals surface area contributed by atoms with Crippen LogP contribution in [0.25, 0.3) is 12.2 Å². The fourth-order valence-electron chi connectivity index (χ4n) is 3.76. The minimum absolute atomic E-state index is 1.00. The summed E-state index contributed by atoms with van der Waals surface area (Å²) in [5, 5.41) is 4.69. The van der Waals surface area contributed by atoms with E-state index in [4.69, 9.17) is 0 Å². The van der Waals surface area contributed by atoms with E-state index in [2.05, 4.69) is 132 Å². The van der Waals surface area contributed by atoms with E-state index >= 15 is 0 Å². The highest BCUT2D eigenvalue weighted by Gasteiger charge is 1.99. The normalized spacial score (nSPS) is 11.1. The van der Waals surface area contributed by atoms with Crippen LogP contribution in [0.4, 0.5) is 0 Å². The summed E-state index contributed by atoms with van der Waals surface area (Å²) in [6.07, 6.45) is 4.38. The third-order valence-electron chi connectivity index (χ3n) is 5.63. The van der Waals surface area contributed by atoms with Crippen molar-refractivity contribution in [3.63, 3.8) is 0 Å². The fourth-order valence-corrected chi connectivity index (χ4v) is 3.76. The molecular weight excluding hydrogens is 388 g/mol. The van der Waals surface area contributed by atoms with E-state index in [9.17, 15) is 0 Å². The van der Waals surface area contributed by atoms with E-state index in [1.807, 2.05) is 0 Å². The molecule has 2 nitrogen and oxygen atoms in total. The molecule has 4 aromatic carbocycles. The summed E-state index contributed by atoms with van der Waals surface area (Å²) in [6.45, 7) is 4.04. The monoisotopic (exact) mass is 420 g/mol. The van der Waals surface area contributed by atoms with Crippen molar-refractivity contribution < 1.29 is 10.6 Å². The molecule has 0 aliphatic rings. The highest BCUT2D eigenvalue weighted by atomic mass is 14.8. The highest BCUT2D eigenvalue weighted by Crippen LogP contribution is 2.11. The molecule has 0 amide bonds. The van der Waals surface area contributed by atoms with E-state index < -0.39 is 0 Å². The molecule has 0 spiro atoms. The lowest BCUT2D eigenvalue weighted by molar-refractivity contribution is -0.686. The van der Waals surface area contributed by atoms with Crippen LogP contribution in [0.2, 0.25) is 0 Å². The fraction of sp³-hybridized carbons (Fsp3) is 0.133. The number of nitrogens with two attached hydrogens (primary N) is 2. The summed E-state index contributed by atoms with van der Waals surface area (Å²) >= 11 is 0. The first-order chi connectivity index (χ1) is 15.8. The number of hydrogen-bond acceptors (Lipinski definition) is 0. The first kappa shape index (κ1) is 21.8. The highest BCUT2D eigenvalue weighted by molar-refractivity contribution is 5.69. The Balaban J connectivity index is 1.22. The second-order valence-electron chi connectivity index (χ2n) is 8.18. The van der Waals surface area contributed by atoms with Crippen LogP contribution in [0, 0.1) is 0 Å². The van der Waals surface area contributed by atoms with Gasteiger partial charge in [-0.3, -0.25) is 0 Å². The van der Waals surface area contributed by atoms with Gasteiger partial charge in [-0.1, -0.05) is 121 Å². The molecule has 0 unspecified atom stereocenters. The minimum Gasteiger partial charge on any atom is -0.339 e. The summed E-state index contributed by atoms with van der Waals surface area (Å²) in [5.41, 5.74) is 7.91. The average Bonchev–Trinajstić information content (AvgIpc) is 2.86. The van der Waals surface area contributed by atoms with Crippen molar-refractivity contribution in [3.05, 3.63) is 143 Å². The smallest absolute Gasteiger partial charge is 0.101 e. The topological polar surface area (TPSA) is 33.2 Å². The van der Waals surface area contributed by atoms with Crippen molar-refractivity contribution in [1.29, 1.82) is 0 Å². The Morgan fingerprint density at radius 3 is 1.03 bits per heavy atom. The molecule has 4 N–H and O–H groups in total. The Hall–Kier alpha value is -3.46. The first-order valence-electron chi connectivity index (χ1n) is 11.4. The number of benzene rings is 4. The SMILES string of the molecule is C(=C\c1ccc(C[NH2+]Cc2ccccc2)cc1)/c1ccc(C[NH2+]Cc2ccccc2)cc1. The quantitative estimate of drug-likeness (QED) is 0.357. The van der Waals surface area contributed by atoms with Gasteiger partial charge in [0.2, 0.25) is 0 Å². The van der Waals surface area contributed by atoms with E-state index in [1.165, 1.54) is 33.4 Å². The number of quaternary nitrogens is 2. The van der Waals surface area contributed by atoms with Crippen LogP contribution in [-0.4, -0.2) is 0 Å². The van der Waals surface area contributed by atoms with Gasteiger partial charge in [-0.05, 0) is 11.1 Å². The van der Waals surface area contributed by atoms with Gasteiger partial charge in [-0.25, -0.2) is 0 Å². The molecule has 160 valence electrons. The summed E-state index contributed by atoms with van der Waals surface area (Å²) in [4.78, 5) is 0. The summed E-state index contributed by atoms with van der Waals surface area (Å²) in [6, 6.07) is 39.0. The molecule has 0 aromatic heterocycles. The zero-order valence-electron chi connectivity index (χ0n) is 18.5. The molecular formula is C30H32N2+2. The lowest BCUT2D eigenvalue weighted by Gasteiger charge is -2.04. The third kappa shape index (κ3) is 7.05. The lowest BCUT2D eigenvalue weighted by Crippen LogP contribution is -2.80. The van der Waals surface area contributed by atoms with Crippen LogP contribution in [0.5, 0.6) is 0 Å². The van der Waals surface area contributed by atoms with Gasteiger partial charge in [0.25, 0.3) is 0 Å². The maximum Gasteiger partial charge on any atom is 0.101 e.